The van der Waals surface area contributed by atoms with Crippen LogP contribution < -0.4 is 5.56 Å². The fraction of sp³-hybridized carbons (Fsp3) is 0.389. The second kappa shape index (κ2) is 8.26. The standard InChI is InChI=1S/C18H20ClF3N2O3S/c1-4-24(17(18(20,21)22)13-5-7-14(19)8-6-13)28(26,27)15-9-10-23(12(2)3)16(25)11-15/h5-12,17H,4H2,1-3H3/t17-/m1/s1. The van der Waals surface area contributed by atoms with E-state index in [4.69, 9.17) is 11.6 Å². The zero-order chi connectivity index (χ0) is 21.3. The van der Waals surface area contributed by atoms with Gasteiger partial charge in [0.05, 0.1) is 4.90 Å². The van der Waals surface area contributed by atoms with Crippen LogP contribution >= 0.6 is 11.6 Å². The SMILES string of the molecule is CCN([C@H](c1ccc(Cl)cc1)C(F)(F)F)S(=O)(=O)c1ccn(C(C)C)c(=O)c1. The Labute approximate surface area is 166 Å². The molecule has 0 aliphatic heterocycles. The van der Waals surface area contributed by atoms with Gasteiger partial charge in [0.25, 0.3) is 5.56 Å². The molecule has 0 aliphatic carbocycles. The highest BCUT2D eigenvalue weighted by Crippen LogP contribution is 2.40. The van der Waals surface area contributed by atoms with Crippen molar-refractivity contribution in [3.8, 4) is 0 Å². The van der Waals surface area contributed by atoms with Crippen LogP contribution in [0.25, 0.3) is 0 Å². The molecule has 0 spiro atoms. The van der Waals surface area contributed by atoms with Gasteiger partial charge in [-0.2, -0.15) is 17.5 Å². The molecule has 1 heterocycles. The van der Waals surface area contributed by atoms with Crippen molar-refractivity contribution in [2.75, 3.05) is 6.54 Å². The second-order valence-electron chi connectivity index (χ2n) is 6.41. The predicted octanol–water partition coefficient (Wildman–Crippen LogP) is 4.40. The number of pyridine rings is 1. The van der Waals surface area contributed by atoms with Crippen LogP contribution in [0.5, 0.6) is 0 Å². The molecule has 1 atom stereocenters. The third-order valence-corrected chi connectivity index (χ3v) is 6.37. The Bertz CT molecular complexity index is 986. The molecule has 0 aliphatic rings. The molecule has 10 heteroatoms. The topological polar surface area (TPSA) is 59.4 Å². The summed E-state index contributed by atoms with van der Waals surface area (Å²) in [7, 11) is -4.59. The van der Waals surface area contributed by atoms with Gasteiger partial charge in [-0.15, -0.1) is 0 Å². The Morgan fingerprint density at radius 1 is 1.14 bits per heavy atom. The number of hydrogen-bond acceptors (Lipinski definition) is 3. The Morgan fingerprint density at radius 2 is 1.71 bits per heavy atom. The van der Waals surface area contributed by atoms with Gasteiger partial charge in [0.1, 0.15) is 6.04 Å². The summed E-state index contributed by atoms with van der Waals surface area (Å²) in [6.07, 6.45) is -3.61. The second-order valence-corrected chi connectivity index (χ2v) is 8.73. The van der Waals surface area contributed by atoms with Crippen LogP contribution in [0.3, 0.4) is 0 Å². The number of aromatic nitrogens is 1. The molecule has 0 fully saturated rings. The minimum Gasteiger partial charge on any atom is -0.313 e. The molecular weight excluding hydrogens is 417 g/mol. The lowest BCUT2D eigenvalue weighted by Gasteiger charge is -2.31. The lowest BCUT2D eigenvalue weighted by atomic mass is 10.1. The number of sulfonamides is 1. The van der Waals surface area contributed by atoms with Gasteiger partial charge in [-0.1, -0.05) is 30.7 Å². The van der Waals surface area contributed by atoms with Gasteiger partial charge in [-0.3, -0.25) is 4.79 Å². The van der Waals surface area contributed by atoms with E-state index < -0.39 is 39.2 Å². The zero-order valence-electron chi connectivity index (χ0n) is 15.4. The zero-order valence-corrected chi connectivity index (χ0v) is 17.0. The molecule has 0 radical (unpaired) electrons. The molecule has 1 aromatic heterocycles. The molecule has 0 saturated heterocycles. The minimum absolute atomic E-state index is 0.219. The van der Waals surface area contributed by atoms with Crippen LogP contribution in [-0.2, 0) is 10.0 Å². The first-order chi connectivity index (χ1) is 12.9. The Hall–Kier alpha value is -1.84. The van der Waals surface area contributed by atoms with Crippen LogP contribution in [0.2, 0.25) is 5.02 Å². The summed E-state index contributed by atoms with van der Waals surface area (Å²) in [5.74, 6) is 0. The van der Waals surface area contributed by atoms with E-state index in [0.717, 1.165) is 24.3 Å². The van der Waals surface area contributed by atoms with Gasteiger partial charge in [-0.25, -0.2) is 8.42 Å². The van der Waals surface area contributed by atoms with Crippen molar-refractivity contribution in [2.45, 2.75) is 43.9 Å². The van der Waals surface area contributed by atoms with E-state index in [-0.39, 0.29) is 16.6 Å². The summed E-state index contributed by atoms with van der Waals surface area (Å²) < 4.78 is 69.1. The molecule has 5 nitrogen and oxygen atoms in total. The van der Waals surface area contributed by atoms with Crippen molar-refractivity contribution < 1.29 is 21.6 Å². The largest absolute Gasteiger partial charge is 0.409 e. The molecule has 0 amide bonds. The molecule has 0 saturated carbocycles. The number of hydrogen-bond donors (Lipinski definition) is 0. The maximum Gasteiger partial charge on any atom is 0.409 e. The van der Waals surface area contributed by atoms with Crippen LogP contribution in [0.15, 0.2) is 52.3 Å². The highest BCUT2D eigenvalue weighted by molar-refractivity contribution is 7.89. The predicted molar refractivity (Wildman–Crippen MR) is 101 cm³/mol. The van der Waals surface area contributed by atoms with Crippen molar-refractivity contribution in [3.05, 3.63) is 63.5 Å². The Kier molecular flexibility index (Phi) is 6.62. The molecule has 154 valence electrons. The van der Waals surface area contributed by atoms with Gasteiger partial charge < -0.3 is 4.57 Å². The number of rotatable bonds is 6. The third kappa shape index (κ3) is 4.59. The average Bonchev–Trinajstić information content (AvgIpc) is 2.59. The number of halogens is 4. The number of alkyl halides is 3. The van der Waals surface area contributed by atoms with Crippen molar-refractivity contribution in [3.63, 3.8) is 0 Å². The van der Waals surface area contributed by atoms with E-state index in [0.29, 0.717) is 4.31 Å². The van der Waals surface area contributed by atoms with Crippen molar-refractivity contribution in [1.82, 2.24) is 8.87 Å². The van der Waals surface area contributed by atoms with Gasteiger partial charge in [0.15, 0.2) is 0 Å². The van der Waals surface area contributed by atoms with Crippen molar-refractivity contribution >= 4 is 21.6 Å². The fourth-order valence-electron chi connectivity index (χ4n) is 2.85. The van der Waals surface area contributed by atoms with E-state index >= 15 is 0 Å². The fourth-order valence-corrected chi connectivity index (χ4v) is 4.59. The molecular formula is C18H20ClF3N2O3S. The first-order valence-corrected chi connectivity index (χ1v) is 10.3. The molecule has 0 N–H and O–H groups in total. The molecule has 1 aromatic carbocycles. The van der Waals surface area contributed by atoms with Gasteiger partial charge in [-0.05, 0) is 37.6 Å². The lowest BCUT2D eigenvalue weighted by molar-refractivity contribution is -0.173. The average molecular weight is 437 g/mol. The van der Waals surface area contributed by atoms with E-state index in [1.165, 1.54) is 29.8 Å². The Balaban J connectivity index is 2.60. The molecule has 0 bridgehead atoms. The van der Waals surface area contributed by atoms with E-state index in [9.17, 15) is 26.4 Å². The Morgan fingerprint density at radius 3 is 2.14 bits per heavy atom. The quantitative estimate of drug-likeness (QED) is 0.674. The highest BCUT2D eigenvalue weighted by Gasteiger charge is 2.48. The highest BCUT2D eigenvalue weighted by atomic mass is 35.5. The van der Waals surface area contributed by atoms with Crippen molar-refractivity contribution in [2.24, 2.45) is 0 Å². The monoisotopic (exact) mass is 436 g/mol. The van der Waals surface area contributed by atoms with Crippen LogP contribution in [0.4, 0.5) is 13.2 Å². The summed E-state index contributed by atoms with van der Waals surface area (Å²) in [5, 5.41) is 0.230. The van der Waals surface area contributed by atoms with Gasteiger partial charge in [0, 0.05) is 29.9 Å². The van der Waals surface area contributed by atoms with Crippen LogP contribution in [-0.4, -0.2) is 30.0 Å². The van der Waals surface area contributed by atoms with E-state index in [1.807, 2.05) is 0 Å². The van der Waals surface area contributed by atoms with Crippen LogP contribution in [0, 0.1) is 0 Å². The van der Waals surface area contributed by atoms with Crippen LogP contribution in [0.1, 0.15) is 38.4 Å². The summed E-state index contributed by atoms with van der Waals surface area (Å²) >= 11 is 5.74. The normalized spacial score (nSPS) is 13.9. The first kappa shape index (κ1) is 22.4. The lowest BCUT2D eigenvalue weighted by Crippen LogP contribution is -2.42. The van der Waals surface area contributed by atoms with Crippen molar-refractivity contribution in [1.29, 1.82) is 0 Å². The minimum atomic E-state index is -4.87. The molecule has 2 rings (SSSR count). The third-order valence-electron chi connectivity index (χ3n) is 4.18. The summed E-state index contributed by atoms with van der Waals surface area (Å²) in [6, 6.07) is 4.14. The maximum atomic E-state index is 13.8. The summed E-state index contributed by atoms with van der Waals surface area (Å²) in [4.78, 5) is 11.7. The van der Waals surface area contributed by atoms with Gasteiger partial charge >= 0.3 is 6.18 Å². The molecule has 28 heavy (non-hydrogen) atoms. The van der Waals surface area contributed by atoms with E-state index in [2.05, 4.69) is 0 Å². The first-order valence-electron chi connectivity index (χ1n) is 8.45. The molecule has 0 unspecified atom stereocenters. The summed E-state index contributed by atoms with van der Waals surface area (Å²) in [5.41, 5.74) is -0.875. The number of nitrogens with zero attached hydrogens (tertiary/aromatic N) is 2. The smallest absolute Gasteiger partial charge is 0.313 e. The molecule has 2 aromatic rings. The van der Waals surface area contributed by atoms with Gasteiger partial charge in [0.2, 0.25) is 10.0 Å². The van der Waals surface area contributed by atoms with E-state index in [1.54, 1.807) is 13.8 Å². The summed E-state index contributed by atoms with van der Waals surface area (Å²) in [6.45, 7) is 4.33. The number of benzene rings is 1. The maximum absolute atomic E-state index is 13.8.